The van der Waals surface area contributed by atoms with Crippen molar-refractivity contribution < 1.29 is 19.4 Å². The molecular weight excluding hydrogens is 220 g/mol. The van der Waals surface area contributed by atoms with Gasteiger partial charge in [0.15, 0.2) is 11.6 Å². The Hall–Kier alpha value is -0.450. The minimum atomic E-state index is -0.794. The van der Waals surface area contributed by atoms with Crippen molar-refractivity contribution in [2.45, 2.75) is 63.4 Å². The Morgan fingerprint density at radius 3 is 2.59 bits per heavy atom. The van der Waals surface area contributed by atoms with E-state index in [1.165, 1.54) is 0 Å². The fourth-order valence-corrected chi connectivity index (χ4v) is 3.98. The monoisotopic (exact) mass is 240 g/mol. The van der Waals surface area contributed by atoms with Crippen LogP contribution in [0.1, 0.15) is 46.0 Å². The molecule has 17 heavy (non-hydrogen) atoms. The molecule has 3 atom stereocenters. The molecule has 1 heterocycles. The summed E-state index contributed by atoms with van der Waals surface area (Å²) in [6.45, 7) is 4.27. The fraction of sp³-hybridized carbons (Fsp3) is 0.923. The minimum absolute atomic E-state index is 0.0173. The van der Waals surface area contributed by atoms with Crippen LogP contribution >= 0.6 is 0 Å². The predicted molar refractivity (Wildman–Crippen MR) is 60.4 cm³/mol. The highest BCUT2D eigenvalue weighted by atomic mass is 16.8. The molecule has 2 spiro atoms. The molecule has 0 radical (unpaired) electrons. The number of aliphatic hydroxyl groups excluding tert-OH is 1. The van der Waals surface area contributed by atoms with Crippen molar-refractivity contribution in [3.05, 3.63) is 0 Å². The van der Waals surface area contributed by atoms with E-state index in [0.717, 1.165) is 25.7 Å². The molecule has 4 heteroatoms. The Kier molecular flexibility index (Phi) is 2.26. The van der Waals surface area contributed by atoms with Gasteiger partial charge in [-0.1, -0.05) is 0 Å². The zero-order valence-corrected chi connectivity index (χ0v) is 10.5. The van der Waals surface area contributed by atoms with Gasteiger partial charge in [0.05, 0.1) is 12.0 Å². The second-order valence-corrected chi connectivity index (χ2v) is 6.14. The summed E-state index contributed by atoms with van der Waals surface area (Å²) in [4.78, 5) is 12.3. The maximum Gasteiger partial charge on any atom is 0.170 e. The molecule has 4 nitrogen and oxygen atoms in total. The van der Waals surface area contributed by atoms with E-state index in [1.54, 1.807) is 0 Å². The summed E-state index contributed by atoms with van der Waals surface area (Å²) in [6, 6.07) is 0. The van der Waals surface area contributed by atoms with Gasteiger partial charge in [0.25, 0.3) is 0 Å². The van der Waals surface area contributed by atoms with Crippen LogP contribution in [0.5, 0.6) is 0 Å². The van der Waals surface area contributed by atoms with E-state index in [0.29, 0.717) is 13.0 Å². The van der Waals surface area contributed by atoms with Gasteiger partial charge in [-0.3, -0.25) is 4.79 Å². The first-order chi connectivity index (χ1) is 7.91. The first kappa shape index (κ1) is 11.6. The van der Waals surface area contributed by atoms with E-state index in [9.17, 15) is 9.90 Å². The lowest BCUT2D eigenvalue weighted by Crippen LogP contribution is -2.51. The molecule has 3 fully saturated rings. The maximum atomic E-state index is 12.3. The third-order valence-corrected chi connectivity index (χ3v) is 4.77. The Labute approximate surface area is 101 Å². The number of aliphatic hydroxyl groups is 1. The number of ether oxygens (including phenoxy) is 2. The molecular formula is C13H20O4. The van der Waals surface area contributed by atoms with Gasteiger partial charge in [-0.05, 0) is 46.0 Å². The van der Waals surface area contributed by atoms with Crippen LogP contribution in [0.3, 0.4) is 0 Å². The second-order valence-electron chi connectivity index (χ2n) is 6.14. The van der Waals surface area contributed by atoms with Gasteiger partial charge >= 0.3 is 0 Å². The van der Waals surface area contributed by atoms with Crippen LogP contribution in [0.2, 0.25) is 0 Å². The van der Waals surface area contributed by atoms with Crippen LogP contribution in [0.4, 0.5) is 0 Å². The van der Waals surface area contributed by atoms with Crippen molar-refractivity contribution >= 4 is 5.78 Å². The van der Waals surface area contributed by atoms with Gasteiger partial charge in [0.1, 0.15) is 11.7 Å². The minimum Gasteiger partial charge on any atom is -0.385 e. The number of carbonyl (C=O) groups excluding carboxylic acids is 1. The van der Waals surface area contributed by atoms with E-state index in [1.807, 2.05) is 13.8 Å². The lowest BCUT2D eigenvalue weighted by atomic mass is 9.72. The number of ketones is 1. The van der Waals surface area contributed by atoms with Crippen LogP contribution in [0.15, 0.2) is 0 Å². The van der Waals surface area contributed by atoms with Crippen LogP contribution in [-0.4, -0.2) is 35.0 Å². The van der Waals surface area contributed by atoms with Crippen LogP contribution < -0.4 is 0 Å². The summed E-state index contributed by atoms with van der Waals surface area (Å²) in [7, 11) is 0. The predicted octanol–water partition coefficient (Wildman–Crippen LogP) is 1.40. The lowest BCUT2D eigenvalue weighted by Gasteiger charge is -2.38. The highest BCUT2D eigenvalue weighted by molar-refractivity contribution is 5.92. The van der Waals surface area contributed by atoms with Crippen LogP contribution in [0, 0.1) is 5.41 Å². The fourth-order valence-electron chi connectivity index (χ4n) is 3.98. The maximum absolute atomic E-state index is 12.3. The summed E-state index contributed by atoms with van der Waals surface area (Å²) in [5.74, 6) is -0.623. The van der Waals surface area contributed by atoms with E-state index in [4.69, 9.17) is 9.47 Å². The molecule has 1 aliphatic heterocycles. The zero-order chi connectivity index (χ0) is 12.3. The van der Waals surface area contributed by atoms with Crippen LogP contribution in [0.25, 0.3) is 0 Å². The number of Topliss-reactive ketones (excluding diaryl/α,β-unsaturated/α-hetero) is 1. The van der Waals surface area contributed by atoms with E-state index in [2.05, 4.69) is 0 Å². The molecule has 1 N–H and O–H groups in total. The highest BCUT2D eigenvalue weighted by Crippen LogP contribution is 2.59. The van der Waals surface area contributed by atoms with E-state index in [-0.39, 0.29) is 5.78 Å². The Morgan fingerprint density at radius 2 is 2.06 bits per heavy atom. The van der Waals surface area contributed by atoms with Gasteiger partial charge in [-0.15, -0.1) is 0 Å². The molecule has 0 aromatic heterocycles. The summed E-state index contributed by atoms with van der Waals surface area (Å²) >= 11 is 0. The molecule has 2 saturated carbocycles. The summed E-state index contributed by atoms with van der Waals surface area (Å²) < 4.78 is 11.8. The molecule has 0 amide bonds. The largest absolute Gasteiger partial charge is 0.385 e. The first-order valence-electron chi connectivity index (χ1n) is 6.47. The molecule has 3 rings (SSSR count). The first-order valence-corrected chi connectivity index (χ1v) is 6.47. The SMILES string of the molecule is CC1(C)OC[C@]2(CCC[C@]23CC[C@@H](O)C3=O)O1. The number of carbonyl (C=O) groups is 1. The van der Waals surface area contributed by atoms with Gasteiger partial charge in [-0.2, -0.15) is 0 Å². The number of hydrogen-bond donors (Lipinski definition) is 1. The highest BCUT2D eigenvalue weighted by Gasteiger charge is 2.67. The van der Waals surface area contributed by atoms with Gasteiger partial charge in [0.2, 0.25) is 0 Å². The average Bonchev–Trinajstić information content (AvgIpc) is 2.85. The Bertz CT molecular complexity index is 364. The summed E-state index contributed by atoms with van der Waals surface area (Å²) in [5, 5.41) is 9.75. The van der Waals surface area contributed by atoms with Gasteiger partial charge < -0.3 is 14.6 Å². The second kappa shape index (κ2) is 3.31. The third-order valence-electron chi connectivity index (χ3n) is 4.77. The van der Waals surface area contributed by atoms with Crippen molar-refractivity contribution in [3.8, 4) is 0 Å². The van der Waals surface area contributed by atoms with Crippen molar-refractivity contribution in [2.24, 2.45) is 5.41 Å². The summed E-state index contributed by atoms with van der Waals surface area (Å²) in [5.41, 5.74) is -0.967. The molecule has 0 aromatic rings. The van der Waals surface area contributed by atoms with Crippen molar-refractivity contribution in [3.63, 3.8) is 0 Å². The number of hydrogen-bond acceptors (Lipinski definition) is 4. The average molecular weight is 240 g/mol. The molecule has 3 aliphatic rings. The van der Waals surface area contributed by atoms with Crippen LogP contribution in [-0.2, 0) is 14.3 Å². The lowest BCUT2D eigenvalue weighted by molar-refractivity contribution is -0.186. The standard InChI is InChI=1S/C13H20O4/c1-11(2)16-8-13(17-11)6-3-5-12(13)7-4-9(14)10(12)15/h9,14H,3-8H2,1-2H3/t9-,12-,13+/m1/s1. The van der Waals surface area contributed by atoms with Gasteiger partial charge in [0, 0.05) is 0 Å². The van der Waals surface area contributed by atoms with E-state index < -0.39 is 22.9 Å². The Morgan fingerprint density at radius 1 is 1.29 bits per heavy atom. The molecule has 2 aliphatic carbocycles. The zero-order valence-electron chi connectivity index (χ0n) is 10.5. The topological polar surface area (TPSA) is 55.8 Å². The molecule has 96 valence electrons. The quantitative estimate of drug-likeness (QED) is 0.695. The Balaban J connectivity index is 1.98. The number of fused-ring (bicyclic) bond motifs is 1. The number of rotatable bonds is 0. The molecule has 0 bridgehead atoms. The summed E-state index contributed by atoms with van der Waals surface area (Å²) in [6.07, 6.45) is 3.21. The molecule has 0 aromatic carbocycles. The van der Waals surface area contributed by atoms with Crippen molar-refractivity contribution in [1.29, 1.82) is 0 Å². The van der Waals surface area contributed by atoms with E-state index >= 15 is 0 Å². The van der Waals surface area contributed by atoms with Crippen molar-refractivity contribution in [2.75, 3.05) is 6.61 Å². The van der Waals surface area contributed by atoms with Gasteiger partial charge in [-0.25, -0.2) is 0 Å². The molecule has 1 saturated heterocycles. The normalized spacial score (nSPS) is 48.6. The van der Waals surface area contributed by atoms with Crippen molar-refractivity contribution in [1.82, 2.24) is 0 Å². The third kappa shape index (κ3) is 1.38. The molecule has 0 unspecified atom stereocenters. The smallest absolute Gasteiger partial charge is 0.170 e.